The molecule has 0 unspecified atom stereocenters. The summed E-state index contributed by atoms with van der Waals surface area (Å²) in [6, 6.07) is 0. The number of ether oxygens (including phenoxy) is 1. The second kappa shape index (κ2) is 3.57. The van der Waals surface area contributed by atoms with Crippen molar-refractivity contribution >= 4 is 5.97 Å². The summed E-state index contributed by atoms with van der Waals surface area (Å²) >= 11 is 0. The van der Waals surface area contributed by atoms with Gasteiger partial charge in [-0.25, -0.2) is 0 Å². The molecule has 3 aliphatic rings. The quantitative estimate of drug-likeness (QED) is 0.533. The van der Waals surface area contributed by atoms with E-state index in [9.17, 15) is 4.79 Å². The van der Waals surface area contributed by atoms with Crippen LogP contribution in [0.5, 0.6) is 0 Å². The lowest BCUT2D eigenvalue weighted by Crippen LogP contribution is -2.49. The highest BCUT2D eigenvalue weighted by atomic mass is 16.6. The minimum absolute atomic E-state index is 0.0410. The van der Waals surface area contributed by atoms with Crippen molar-refractivity contribution in [2.24, 2.45) is 28.6 Å². The Bertz CT molecular complexity index is 495. The smallest absolute Gasteiger partial charge is 0.304 e. The van der Waals surface area contributed by atoms with Crippen LogP contribution in [0.2, 0.25) is 0 Å². The van der Waals surface area contributed by atoms with Crippen LogP contribution < -0.4 is 0 Å². The molecule has 5 atom stereocenters. The fraction of sp³-hybridized carbons (Fsp3) is 0.824. The summed E-state index contributed by atoms with van der Waals surface area (Å²) in [5.74, 6) is 8.39. The summed E-state index contributed by atoms with van der Waals surface area (Å²) in [6.45, 7) is 10.6. The molecule has 0 heterocycles. The first-order chi connectivity index (χ1) is 8.73. The first-order valence-electron chi connectivity index (χ1n) is 7.45. The summed E-state index contributed by atoms with van der Waals surface area (Å²) in [4.78, 5) is 11.5. The van der Waals surface area contributed by atoms with E-state index in [2.05, 4.69) is 32.6 Å². The molecule has 3 aliphatic carbocycles. The largest absolute Gasteiger partial charge is 0.446 e. The first-order valence-corrected chi connectivity index (χ1v) is 7.45. The summed E-state index contributed by atoms with van der Waals surface area (Å²) in [6.07, 6.45) is 3.50. The van der Waals surface area contributed by atoms with E-state index in [4.69, 9.17) is 4.74 Å². The maximum absolute atomic E-state index is 11.5. The van der Waals surface area contributed by atoms with Gasteiger partial charge in [-0.2, -0.15) is 0 Å². The first kappa shape index (κ1) is 13.0. The molecule has 3 rings (SSSR count). The molecule has 2 fully saturated rings. The van der Waals surface area contributed by atoms with Crippen LogP contribution in [0.3, 0.4) is 0 Å². The van der Waals surface area contributed by atoms with E-state index in [-0.39, 0.29) is 16.8 Å². The second-order valence-electron chi connectivity index (χ2n) is 7.63. The molecule has 19 heavy (non-hydrogen) atoms. The maximum Gasteiger partial charge on any atom is 0.304 e. The fourth-order valence-electron chi connectivity index (χ4n) is 5.35. The monoisotopic (exact) mass is 260 g/mol. The lowest BCUT2D eigenvalue weighted by atomic mass is 9.62. The molecule has 0 aromatic rings. The zero-order chi connectivity index (χ0) is 14.1. The van der Waals surface area contributed by atoms with Gasteiger partial charge in [0.2, 0.25) is 0 Å². The van der Waals surface area contributed by atoms with Crippen molar-refractivity contribution in [2.75, 3.05) is 0 Å². The van der Waals surface area contributed by atoms with Crippen molar-refractivity contribution in [1.82, 2.24) is 0 Å². The molecule has 0 aromatic heterocycles. The van der Waals surface area contributed by atoms with E-state index < -0.39 is 5.60 Å². The molecule has 0 aromatic carbocycles. The zero-order valence-electron chi connectivity index (χ0n) is 12.7. The normalized spacial score (nSPS) is 49.2. The number of rotatable bonds is 1. The fourth-order valence-corrected chi connectivity index (χ4v) is 5.35. The number of carbonyl (C=O) groups excluding carboxylic acids is 1. The van der Waals surface area contributed by atoms with Crippen LogP contribution in [0, 0.1) is 40.4 Å². The second-order valence-corrected chi connectivity index (χ2v) is 7.63. The highest BCUT2D eigenvalue weighted by Gasteiger charge is 2.69. The Morgan fingerprint density at radius 3 is 2.63 bits per heavy atom. The Balaban J connectivity index is 2.06. The third kappa shape index (κ3) is 1.42. The van der Waals surface area contributed by atoms with Crippen LogP contribution in [-0.4, -0.2) is 11.6 Å². The Morgan fingerprint density at radius 2 is 2.00 bits per heavy atom. The number of fused-ring (bicyclic) bond motifs is 1. The van der Waals surface area contributed by atoms with Gasteiger partial charge in [-0.15, -0.1) is 0 Å². The Morgan fingerprint density at radius 1 is 1.32 bits per heavy atom. The Hall–Kier alpha value is -0.970. The lowest BCUT2D eigenvalue weighted by Gasteiger charge is -2.45. The molecule has 2 saturated carbocycles. The van der Waals surface area contributed by atoms with E-state index in [1.54, 1.807) is 0 Å². The highest BCUT2D eigenvalue weighted by Crippen LogP contribution is 2.70. The Labute approximate surface area is 116 Å². The lowest BCUT2D eigenvalue weighted by molar-refractivity contribution is -0.164. The molecule has 0 saturated heterocycles. The van der Waals surface area contributed by atoms with Crippen molar-refractivity contribution < 1.29 is 9.53 Å². The highest BCUT2D eigenvalue weighted by molar-refractivity contribution is 5.67. The van der Waals surface area contributed by atoms with Gasteiger partial charge < -0.3 is 4.74 Å². The minimum atomic E-state index is -0.574. The summed E-state index contributed by atoms with van der Waals surface area (Å²) < 4.78 is 5.71. The molecule has 1 spiro atoms. The molecular formula is C17H24O2. The SMILES string of the molecule is CC(=O)O[C@]1(C)C#C[C@H]2C(C)(C)[C@@H]3C[C@@]21CC[C@H]3C. The van der Waals surface area contributed by atoms with E-state index in [0.29, 0.717) is 11.8 Å². The molecular weight excluding hydrogens is 236 g/mol. The molecule has 2 bridgehead atoms. The predicted octanol–water partition coefficient (Wildman–Crippen LogP) is 3.40. The zero-order valence-corrected chi connectivity index (χ0v) is 12.7. The van der Waals surface area contributed by atoms with Crippen molar-refractivity contribution in [3.8, 4) is 11.8 Å². The van der Waals surface area contributed by atoms with Crippen LogP contribution in [0.15, 0.2) is 0 Å². The molecule has 0 aliphatic heterocycles. The van der Waals surface area contributed by atoms with Crippen LogP contribution >= 0.6 is 0 Å². The topological polar surface area (TPSA) is 26.3 Å². The van der Waals surface area contributed by atoms with Crippen molar-refractivity contribution in [3.63, 3.8) is 0 Å². The van der Waals surface area contributed by atoms with E-state index >= 15 is 0 Å². The van der Waals surface area contributed by atoms with Gasteiger partial charge in [0.25, 0.3) is 0 Å². The minimum Gasteiger partial charge on any atom is -0.446 e. The molecule has 2 heteroatoms. The number of hydrogen-bond donors (Lipinski definition) is 0. The van der Waals surface area contributed by atoms with Crippen molar-refractivity contribution in [1.29, 1.82) is 0 Å². The van der Waals surface area contributed by atoms with Gasteiger partial charge in [0, 0.05) is 18.3 Å². The van der Waals surface area contributed by atoms with E-state index in [1.807, 2.05) is 6.92 Å². The molecule has 0 radical (unpaired) electrons. The Kier molecular flexibility index (Phi) is 2.45. The predicted molar refractivity (Wildman–Crippen MR) is 74.2 cm³/mol. The molecule has 2 nitrogen and oxygen atoms in total. The van der Waals surface area contributed by atoms with E-state index in [0.717, 1.165) is 18.8 Å². The summed E-state index contributed by atoms with van der Waals surface area (Å²) in [7, 11) is 0. The van der Waals surface area contributed by atoms with Crippen LogP contribution in [0.4, 0.5) is 0 Å². The summed E-state index contributed by atoms with van der Waals surface area (Å²) in [5.41, 5.74) is -0.296. The average molecular weight is 260 g/mol. The average Bonchev–Trinajstić information content (AvgIpc) is 2.65. The third-order valence-electron chi connectivity index (χ3n) is 6.32. The van der Waals surface area contributed by atoms with E-state index in [1.165, 1.54) is 13.3 Å². The molecule has 104 valence electrons. The standard InChI is InChI=1S/C17H24O2/c1-11-6-9-17-10-13(11)15(3,4)14(17)7-8-16(17,5)19-12(2)18/h11,13-14H,6,9-10H2,1-5H3/t11-,13-,14+,16-,17+/m1/s1. The van der Waals surface area contributed by atoms with Crippen LogP contribution in [0.25, 0.3) is 0 Å². The maximum atomic E-state index is 11.5. The molecule has 0 amide bonds. The van der Waals surface area contributed by atoms with Gasteiger partial charge in [0.15, 0.2) is 5.60 Å². The number of hydrogen-bond acceptors (Lipinski definition) is 2. The van der Waals surface area contributed by atoms with Gasteiger partial charge in [-0.3, -0.25) is 4.79 Å². The van der Waals surface area contributed by atoms with Crippen LogP contribution in [0.1, 0.15) is 53.9 Å². The summed E-state index contributed by atoms with van der Waals surface area (Å²) in [5, 5.41) is 0. The van der Waals surface area contributed by atoms with Crippen LogP contribution in [-0.2, 0) is 9.53 Å². The van der Waals surface area contributed by atoms with Crippen molar-refractivity contribution in [3.05, 3.63) is 0 Å². The molecule has 0 N–H and O–H groups in total. The number of carbonyl (C=O) groups is 1. The van der Waals surface area contributed by atoms with Gasteiger partial charge in [0.05, 0.1) is 0 Å². The van der Waals surface area contributed by atoms with Gasteiger partial charge in [-0.05, 0) is 43.4 Å². The number of esters is 1. The van der Waals surface area contributed by atoms with Gasteiger partial charge in [0.1, 0.15) is 0 Å². The third-order valence-corrected chi connectivity index (χ3v) is 6.32. The van der Waals surface area contributed by atoms with Crippen molar-refractivity contribution in [2.45, 2.75) is 59.5 Å². The van der Waals surface area contributed by atoms with Gasteiger partial charge in [-0.1, -0.05) is 32.6 Å². The van der Waals surface area contributed by atoms with Gasteiger partial charge >= 0.3 is 5.97 Å².